The molecular weight excluding hydrogens is 753 g/mol. The minimum Gasteiger partial charge on any atom is -0.309 e. The molecule has 15 rings (SSSR count). The van der Waals surface area contributed by atoms with E-state index in [-0.39, 0.29) is 0 Å². The van der Waals surface area contributed by atoms with Crippen molar-refractivity contribution in [3.05, 3.63) is 206 Å². The molecule has 0 aliphatic carbocycles. The molecule has 5 aromatic heterocycles. The molecule has 0 atom stereocenters. The van der Waals surface area contributed by atoms with Crippen LogP contribution in [0.1, 0.15) is 0 Å². The van der Waals surface area contributed by atoms with Crippen LogP contribution in [0.2, 0.25) is 0 Å². The van der Waals surface area contributed by atoms with Crippen LogP contribution in [0.3, 0.4) is 0 Å². The van der Waals surface area contributed by atoms with Crippen LogP contribution in [-0.2, 0) is 0 Å². The van der Waals surface area contributed by atoms with Crippen molar-refractivity contribution in [2.45, 2.75) is 0 Å². The number of hydrogen-bond donors (Lipinski definition) is 0. The van der Waals surface area contributed by atoms with Crippen LogP contribution >= 0.6 is 0 Å². The Morgan fingerprint density at radius 1 is 0.258 bits per heavy atom. The first kappa shape index (κ1) is 32.5. The van der Waals surface area contributed by atoms with Crippen molar-refractivity contribution >= 4 is 109 Å². The Balaban J connectivity index is 1.16. The molecule has 0 saturated heterocycles. The molecule has 15 aromatic rings. The van der Waals surface area contributed by atoms with Crippen LogP contribution in [0.15, 0.2) is 206 Å². The normalized spacial score (nSPS) is 12.5. The van der Waals surface area contributed by atoms with Gasteiger partial charge in [-0.2, -0.15) is 0 Å². The maximum Gasteiger partial charge on any atom is 0.0811 e. The first-order chi connectivity index (χ1) is 30.8. The molecule has 0 amide bonds. The van der Waals surface area contributed by atoms with Gasteiger partial charge >= 0.3 is 0 Å². The quantitative estimate of drug-likeness (QED) is 0.159. The predicted octanol–water partition coefficient (Wildman–Crippen LogP) is 15.3. The lowest BCUT2D eigenvalue weighted by Crippen LogP contribution is -2.00. The molecular formula is C58H34N4. The Labute approximate surface area is 354 Å². The van der Waals surface area contributed by atoms with Crippen LogP contribution in [0.5, 0.6) is 0 Å². The second kappa shape index (κ2) is 11.7. The van der Waals surface area contributed by atoms with Gasteiger partial charge in [0.15, 0.2) is 0 Å². The van der Waals surface area contributed by atoms with E-state index in [1.165, 1.54) is 120 Å². The maximum atomic E-state index is 2.62. The predicted molar refractivity (Wildman–Crippen MR) is 261 cm³/mol. The molecule has 62 heavy (non-hydrogen) atoms. The molecule has 0 bridgehead atoms. The van der Waals surface area contributed by atoms with Gasteiger partial charge in [-0.15, -0.1) is 0 Å². The van der Waals surface area contributed by atoms with E-state index < -0.39 is 0 Å². The van der Waals surface area contributed by atoms with Crippen molar-refractivity contribution in [2.75, 3.05) is 0 Å². The monoisotopic (exact) mass is 786 g/mol. The summed E-state index contributed by atoms with van der Waals surface area (Å²) in [5.41, 5.74) is 17.0. The lowest BCUT2D eigenvalue weighted by atomic mass is 9.98. The number of rotatable bonds is 3. The van der Waals surface area contributed by atoms with E-state index in [0.717, 1.165) is 11.4 Å². The highest BCUT2D eigenvalue weighted by Gasteiger charge is 2.28. The summed E-state index contributed by atoms with van der Waals surface area (Å²) >= 11 is 0. The van der Waals surface area contributed by atoms with Gasteiger partial charge in [-0.25, -0.2) is 0 Å². The highest BCUT2D eigenvalue weighted by atomic mass is 15.0. The largest absolute Gasteiger partial charge is 0.309 e. The number of aromatic nitrogens is 4. The molecule has 4 nitrogen and oxygen atoms in total. The molecule has 0 aliphatic heterocycles. The number of benzene rings is 10. The maximum absolute atomic E-state index is 2.62. The molecule has 10 aromatic carbocycles. The van der Waals surface area contributed by atoms with Crippen molar-refractivity contribution in [3.8, 4) is 22.5 Å². The van der Waals surface area contributed by atoms with E-state index in [0.29, 0.717) is 0 Å². The molecule has 4 heteroatoms. The van der Waals surface area contributed by atoms with Gasteiger partial charge in [-0.1, -0.05) is 146 Å². The fraction of sp³-hybridized carbons (Fsp3) is 0. The minimum absolute atomic E-state index is 1.14. The third kappa shape index (κ3) is 3.97. The third-order valence-corrected chi connectivity index (χ3v) is 13.8. The molecule has 0 N–H and O–H groups in total. The summed E-state index contributed by atoms with van der Waals surface area (Å²) in [6.07, 6.45) is 0. The first-order valence-corrected chi connectivity index (χ1v) is 21.5. The second-order valence-electron chi connectivity index (χ2n) is 16.9. The van der Waals surface area contributed by atoms with Crippen LogP contribution in [0.25, 0.3) is 132 Å². The second-order valence-corrected chi connectivity index (χ2v) is 16.9. The Morgan fingerprint density at radius 3 is 1.55 bits per heavy atom. The molecule has 0 radical (unpaired) electrons. The van der Waals surface area contributed by atoms with Gasteiger partial charge in [0.2, 0.25) is 0 Å². The zero-order valence-electron chi connectivity index (χ0n) is 33.4. The van der Waals surface area contributed by atoms with Gasteiger partial charge in [0.25, 0.3) is 0 Å². The zero-order chi connectivity index (χ0) is 40.2. The van der Waals surface area contributed by atoms with E-state index in [4.69, 9.17) is 0 Å². The molecule has 5 heterocycles. The lowest BCUT2D eigenvalue weighted by molar-refractivity contribution is 1.18. The van der Waals surface area contributed by atoms with E-state index in [1.54, 1.807) is 0 Å². The summed E-state index contributed by atoms with van der Waals surface area (Å²) in [4.78, 5) is 0. The molecule has 0 aliphatic rings. The Kier molecular flexibility index (Phi) is 6.13. The van der Waals surface area contributed by atoms with Crippen LogP contribution in [0.4, 0.5) is 0 Å². The van der Waals surface area contributed by atoms with Crippen LogP contribution < -0.4 is 0 Å². The number of nitrogens with zero attached hydrogens (tertiary/aromatic N) is 4. The van der Waals surface area contributed by atoms with Gasteiger partial charge in [-0.3, -0.25) is 0 Å². The Hall–Kier alpha value is -8.34. The summed E-state index contributed by atoms with van der Waals surface area (Å²) in [6, 6.07) is 76.3. The van der Waals surface area contributed by atoms with Crippen LogP contribution in [0, 0.1) is 0 Å². The van der Waals surface area contributed by atoms with Crippen molar-refractivity contribution in [3.63, 3.8) is 0 Å². The number of fused-ring (bicyclic) bond motifs is 17. The van der Waals surface area contributed by atoms with Crippen LogP contribution in [-0.4, -0.2) is 17.9 Å². The first-order valence-electron chi connectivity index (χ1n) is 21.5. The fourth-order valence-electron chi connectivity index (χ4n) is 11.4. The summed E-state index contributed by atoms with van der Waals surface area (Å²) in [5, 5.41) is 12.6. The Morgan fingerprint density at radius 2 is 0.790 bits per heavy atom. The van der Waals surface area contributed by atoms with Gasteiger partial charge in [0, 0.05) is 54.5 Å². The number of hydrogen-bond acceptors (Lipinski definition) is 0. The van der Waals surface area contributed by atoms with E-state index in [2.05, 4.69) is 224 Å². The van der Waals surface area contributed by atoms with Gasteiger partial charge in [0.1, 0.15) is 0 Å². The van der Waals surface area contributed by atoms with Crippen molar-refractivity contribution in [1.82, 2.24) is 17.9 Å². The topological polar surface area (TPSA) is 18.7 Å². The average Bonchev–Trinajstić information content (AvgIpc) is 4.07. The van der Waals surface area contributed by atoms with Gasteiger partial charge in [-0.05, 0) is 82.6 Å². The van der Waals surface area contributed by atoms with Gasteiger partial charge in [0.05, 0.1) is 55.2 Å². The van der Waals surface area contributed by atoms with E-state index in [1.807, 2.05) is 0 Å². The highest BCUT2D eigenvalue weighted by molar-refractivity contribution is 6.35. The van der Waals surface area contributed by atoms with Crippen molar-refractivity contribution in [2.24, 2.45) is 0 Å². The standard InChI is InChI=1S/C58H34N4/c1-2-17-37(18-3-1)59-49-27-12-8-22-43(49)53-51(59)33-46-42-21-7-11-26-48(42)61-52-34-45-41-20-6-10-25-47(41)60(38-31-29-36(30-32-38)40-24-14-16-35-15-4-5-19-39(35)40)55(45)54-44-23-9-13-28-50(44)62(57(52)54)58(53)56(46)61/h1-34H. The fourth-order valence-corrected chi connectivity index (χ4v) is 11.4. The Bertz CT molecular complexity index is 4360. The zero-order valence-corrected chi connectivity index (χ0v) is 33.4. The lowest BCUT2D eigenvalue weighted by Gasteiger charge is -2.15. The average molecular weight is 787 g/mol. The smallest absolute Gasteiger partial charge is 0.0811 e. The molecule has 0 saturated carbocycles. The summed E-state index contributed by atoms with van der Waals surface area (Å²) in [5.74, 6) is 0. The van der Waals surface area contributed by atoms with Crippen molar-refractivity contribution in [1.29, 1.82) is 0 Å². The van der Waals surface area contributed by atoms with E-state index in [9.17, 15) is 0 Å². The van der Waals surface area contributed by atoms with Gasteiger partial charge < -0.3 is 17.9 Å². The van der Waals surface area contributed by atoms with E-state index >= 15 is 0 Å². The minimum atomic E-state index is 1.14. The summed E-state index contributed by atoms with van der Waals surface area (Å²) in [7, 11) is 0. The molecule has 0 spiro atoms. The summed E-state index contributed by atoms with van der Waals surface area (Å²) < 4.78 is 10.2. The third-order valence-electron chi connectivity index (χ3n) is 13.8. The molecule has 286 valence electrons. The summed E-state index contributed by atoms with van der Waals surface area (Å²) in [6.45, 7) is 0. The molecule has 0 fully saturated rings. The van der Waals surface area contributed by atoms with Crippen molar-refractivity contribution < 1.29 is 0 Å². The number of para-hydroxylation sites is 5. The molecule has 0 unspecified atom stereocenters. The highest BCUT2D eigenvalue weighted by Crippen LogP contribution is 2.49. The SMILES string of the molecule is c1ccc(-n2c3ccccc3c3c2cc2c4ccccc4n4c5cc6c7ccccc7n(-c7ccc(-c8cccc9ccccc89)cc7)c6c6c7ccccc7n(c65)c3c24)cc1.